The van der Waals surface area contributed by atoms with E-state index in [-0.39, 0.29) is 18.2 Å². The predicted molar refractivity (Wildman–Crippen MR) is 90.7 cm³/mol. The maximum atomic E-state index is 12.6. The summed E-state index contributed by atoms with van der Waals surface area (Å²) in [6, 6.07) is 5.89. The van der Waals surface area contributed by atoms with Gasteiger partial charge < -0.3 is 15.4 Å². The number of hydrogen-bond acceptors (Lipinski definition) is 2. The summed E-state index contributed by atoms with van der Waals surface area (Å²) in [7, 11) is 0. The molecule has 5 heteroatoms. The number of H-pyrrole nitrogens is 1. The molecule has 0 bridgehead atoms. The fourth-order valence-electron chi connectivity index (χ4n) is 2.76. The number of aliphatic carboxylic acids is 1. The number of fused-ring (bicyclic) bond motifs is 1. The normalized spacial score (nSPS) is 14.0. The lowest BCUT2D eigenvalue weighted by Crippen LogP contribution is -2.51. The van der Waals surface area contributed by atoms with Crippen molar-refractivity contribution < 1.29 is 14.7 Å². The van der Waals surface area contributed by atoms with Gasteiger partial charge in [-0.1, -0.05) is 19.9 Å². The van der Waals surface area contributed by atoms with Crippen LogP contribution in [0.4, 0.5) is 0 Å². The minimum Gasteiger partial charge on any atom is -0.481 e. The summed E-state index contributed by atoms with van der Waals surface area (Å²) in [5.41, 5.74) is 2.79. The van der Waals surface area contributed by atoms with E-state index in [1.165, 1.54) is 0 Å². The van der Waals surface area contributed by atoms with Gasteiger partial charge in [-0.15, -0.1) is 0 Å². The van der Waals surface area contributed by atoms with Gasteiger partial charge in [0.2, 0.25) is 0 Å². The van der Waals surface area contributed by atoms with Crippen LogP contribution in [0.15, 0.2) is 18.2 Å². The van der Waals surface area contributed by atoms with Crippen LogP contribution in [0, 0.1) is 19.8 Å². The highest BCUT2D eigenvalue weighted by Gasteiger charge is 2.33. The van der Waals surface area contributed by atoms with E-state index in [4.69, 9.17) is 5.11 Å². The van der Waals surface area contributed by atoms with Gasteiger partial charge in [-0.25, -0.2) is 0 Å². The standard InChI is InChI=1S/C18H24N2O3/c1-10(2)18(5,9-16(21)22)20-17(23)15-8-13-12(4)6-11(3)7-14(13)19-15/h6-8,10,19H,9H2,1-5H3,(H,20,23)(H,21,22). The molecule has 1 amide bonds. The van der Waals surface area contributed by atoms with Gasteiger partial charge in [-0.2, -0.15) is 0 Å². The molecule has 0 saturated heterocycles. The van der Waals surface area contributed by atoms with Crippen molar-refractivity contribution in [3.63, 3.8) is 0 Å². The van der Waals surface area contributed by atoms with Crippen LogP contribution in [0.3, 0.4) is 0 Å². The van der Waals surface area contributed by atoms with Gasteiger partial charge in [0, 0.05) is 10.9 Å². The second-order valence-electron chi connectivity index (χ2n) is 6.82. The molecule has 0 aliphatic carbocycles. The topological polar surface area (TPSA) is 82.2 Å². The Morgan fingerprint density at radius 2 is 1.91 bits per heavy atom. The molecule has 5 nitrogen and oxygen atoms in total. The first-order chi connectivity index (χ1) is 10.6. The van der Waals surface area contributed by atoms with Crippen LogP contribution in [0.5, 0.6) is 0 Å². The van der Waals surface area contributed by atoms with Crippen molar-refractivity contribution in [3.8, 4) is 0 Å². The van der Waals surface area contributed by atoms with Crippen molar-refractivity contribution in [3.05, 3.63) is 35.0 Å². The Morgan fingerprint density at radius 3 is 2.48 bits per heavy atom. The third-order valence-electron chi connectivity index (χ3n) is 4.53. The van der Waals surface area contributed by atoms with Crippen LogP contribution in [-0.4, -0.2) is 27.5 Å². The monoisotopic (exact) mass is 316 g/mol. The van der Waals surface area contributed by atoms with Crippen molar-refractivity contribution >= 4 is 22.8 Å². The van der Waals surface area contributed by atoms with Gasteiger partial charge in [-0.3, -0.25) is 9.59 Å². The van der Waals surface area contributed by atoms with Crippen molar-refractivity contribution in [2.75, 3.05) is 0 Å². The molecule has 2 rings (SSSR count). The molecular weight excluding hydrogens is 292 g/mol. The van der Waals surface area contributed by atoms with Gasteiger partial charge in [0.05, 0.1) is 12.0 Å². The number of carboxylic acid groups (broad SMARTS) is 1. The number of carboxylic acids is 1. The van der Waals surface area contributed by atoms with E-state index < -0.39 is 11.5 Å². The largest absolute Gasteiger partial charge is 0.481 e. The molecule has 0 saturated carbocycles. The number of carbonyl (C=O) groups excluding carboxylic acids is 1. The predicted octanol–water partition coefficient (Wildman–Crippen LogP) is 3.40. The fraction of sp³-hybridized carbons (Fsp3) is 0.444. The Kier molecular flexibility index (Phi) is 4.50. The number of amides is 1. The molecule has 124 valence electrons. The zero-order chi connectivity index (χ0) is 17.4. The van der Waals surface area contributed by atoms with Gasteiger partial charge in [0.15, 0.2) is 0 Å². The quantitative estimate of drug-likeness (QED) is 0.790. The summed E-state index contributed by atoms with van der Waals surface area (Å²) in [5, 5.41) is 13.0. The summed E-state index contributed by atoms with van der Waals surface area (Å²) < 4.78 is 0. The molecular formula is C18H24N2O3. The zero-order valence-electron chi connectivity index (χ0n) is 14.3. The minimum absolute atomic E-state index is 0.00379. The van der Waals surface area contributed by atoms with Crippen LogP contribution < -0.4 is 5.32 Å². The Bertz CT molecular complexity index is 761. The van der Waals surface area contributed by atoms with Crippen molar-refractivity contribution in [1.29, 1.82) is 0 Å². The molecule has 3 N–H and O–H groups in total. The summed E-state index contributed by atoms with van der Waals surface area (Å²) in [4.78, 5) is 26.8. The lowest BCUT2D eigenvalue weighted by Gasteiger charge is -2.33. The molecule has 1 aromatic carbocycles. The van der Waals surface area contributed by atoms with E-state index in [0.29, 0.717) is 5.69 Å². The van der Waals surface area contributed by atoms with Crippen LogP contribution in [0.25, 0.3) is 10.9 Å². The van der Waals surface area contributed by atoms with Gasteiger partial charge >= 0.3 is 5.97 Å². The average molecular weight is 316 g/mol. The molecule has 0 fully saturated rings. The SMILES string of the molecule is Cc1cc(C)c2cc(C(=O)NC(C)(CC(=O)O)C(C)C)[nH]c2c1. The number of aryl methyl sites for hydroxylation is 2. The number of hydrogen-bond donors (Lipinski definition) is 3. The summed E-state index contributed by atoms with van der Waals surface area (Å²) >= 11 is 0. The van der Waals surface area contributed by atoms with E-state index in [9.17, 15) is 9.59 Å². The minimum atomic E-state index is -0.926. The Hall–Kier alpha value is -2.30. The maximum absolute atomic E-state index is 12.6. The Morgan fingerprint density at radius 1 is 1.26 bits per heavy atom. The highest BCUT2D eigenvalue weighted by atomic mass is 16.4. The molecule has 2 aromatic rings. The van der Waals surface area contributed by atoms with E-state index in [1.807, 2.05) is 39.8 Å². The van der Waals surface area contributed by atoms with Gasteiger partial charge in [-0.05, 0) is 49.9 Å². The first kappa shape index (κ1) is 17.1. The molecule has 1 atom stereocenters. The zero-order valence-corrected chi connectivity index (χ0v) is 14.3. The second kappa shape index (κ2) is 6.07. The second-order valence-corrected chi connectivity index (χ2v) is 6.82. The van der Waals surface area contributed by atoms with Gasteiger partial charge in [0.1, 0.15) is 5.69 Å². The maximum Gasteiger partial charge on any atom is 0.305 e. The highest BCUT2D eigenvalue weighted by molar-refractivity contribution is 5.99. The molecule has 1 aromatic heterocycles. The molecule has 0 radical (unpaired) electrons. The Labute approximate surface area is 136 Å². The first-order valence-electron chi connectivity index (χ1n) is 7.76. The van der Waals surface area contributed by atoms with Crippen molar-refractivity contribution in [2.24, 2.45) is 5.92 Å². The summed E-state index contributed by atoms with van der Waals surface area (Å²) in [6.45, 7) is 9.59. The fourth-order valence-corrected chi connectivity index (χ4v) is 2.76. The van der Waals surface area contributed by atoms with Crippen molar-refractivity contribution in [1.82, 2.24) is 10.3 Å². The average Bonchev–Trinajstić information content (AvgIpc) is 2.81. The van der Waals surface area contributed by atoms with Gasteiger partial charge in [0.25, 0.3) is 5.91 Å². The molecule has 23 heavy (non-hydrogen) atoms. The number of rotatable bonds is 5. The van der Waals surface area contributed by atoms with Crippen LogP contribution in [-0.2, 0) is 4.79 Å². The number of aromatic nitrogens is 1. The number of nitrogens with one attached hydrogen (secondary N) is 2. The Balaban J connectivity index is 2.33. The summed E-state index contributed by atoms with van der Waals surface area (Å²) in [6.07, 6.45) is -0.116. The van der Waals surface area contributed by atoms with Crippen LogP contribution >= 0.6 is 0 Å². The third kappa shape index (κ3) is 3.55. The van der Waals surface area contributed by atoms with E-state index in [2.05, 4.69) is 16.4 Å². The van der Waals surface area contributed by atoms with E-state index >= 15 is 0 Å². The molecule has 0 aliphatic heterocycles. The smallest absolute Gasteiger partial charge is 0.305 e. The lowest BCUT2D eigenvalue weighted by atomic mass is 9.85. The third-order valence-corrected chi connectivity index (χ3v) is 4.53. The van der Waals surface area contributed by atoms with Crippen LogP contribution in [0.1, 0.15) is 48.8 Å². The summed E-state index contributed by atoms with van der Waals surface area (Å²) in [5.74, 6) is -1.21. The molecule has 0 spiro atoms. The highest BCUT2D eigenvalue weighted by Crippen LogP contribution is 2.24. The van der Waals surface area contributed by atoms with E-state index in [1.54, 1.807) is 6.92 Å². The first-order valence-corrected chi connectivity index (χ1v) is 7.76. The number of aromatic amines is 1. The van der Waals surface area contributed by atoms with Crippen LogP contribution in [0.2, 0.25) is 0 Å². The number of benzene rings is 1. The van der Waals surface area contributed by atoms with E-state index in [0.717, 1.165) is 22.0 Å². The molecule has 1 unspecified atom stereocenters. The molecule has 0 aliphatic rings. The van der Waals surface area contributed by atoms with Crippen molar-refractivity contribution in [2.45, 2.75) is 46.6 Å². The lowest BCUT2D eigenvalue weighted by molar-refractivity contribution is -0.138. The number of carbonyl (C=O) groups is 2. The molecule has 1 heterocycles.